The summed E-state index contributed by atoms with van der Waals surface area (Å²) in [6.45, 7) is 0. The zero-order valence-electron chi connectivity index (χ0n) is 11.2. The van der Waals surface area contributed by atoms with Crippen LogP contribution in [0.3, 0.4) is 0 Å². The quantitative estimate of drug-likeness (QED) is 0.708. The van der Waals surface area contributed by atoms with E-state index < -0.39 is 11.2 Å². The van der Waals surface area contributed by atoms with Gasteiger partial charge in [0.15, 0.2) is 5.76 Å². The van der Waals surface area contributed by atoms with Gasteiger partial charge in [-0.2, -0.15) is 0 Å². The molecular formula is C16H12O4S. The van der Waals surface area contributed by atoms with Crippen molar-refractivity contribution >= 4 is 22.7 Å². The van der Waals surface area contributed by atoms with Crippen molar-refractivity contribution in [2.75, 3.05) is 6.26 Å². The molecule has 0 saturated heterocycles. The third-order valence-electron chi connectivity index (χ3n) is 3.20. The lowest BCUT2D eigenvalue weighted by Gasteiger charge is -2.06. The fraction of sp³-hybridized carbons (Fsp3) is 0.0625. The van der Waals surface area contributed by atoms with Crippen LogP contribution in [0.5, 0.6) is 11.5 Å². The van der Waals surface area contributed by atoms with Gasteiger partial charge < -0.3 is 14.6 Å². The maximum Gasteiger partial charge on any atom is 0.235 e. The van der Waals surface area contributed by atoms with Gasteiger partial charge >= 0.3 is 0 Å². The maximum absolute atomic E-state index is 12.2. The first kappa shape index (κ1) is 13.6. The summed E-state index contributed by atoms with van der Waals surface area (Å²) in [6, 6.07) is 11.5. The van der Waals surface area contributed by atoms with Crippen molar-refractivity contribution in [3.8, 4) is 22.8 Å². The zero-order chi connectivity index (χ0) is 15.0. The van der Waals surface area contributed by atoms with Crippen molar-refractivity contribution in [3.05, 3.63) is 52.7 Å². The average molecular weight is 300 g/mol. The van der Waals surface area contributed by atoms with Crippen molar-refractivity contribution in [3.63, 3.8) is 0 Å². The van der Waals surface area contributed by atoms with E-state index in [9.17, 15) is 15.0 Å². The van der Waals surface area contributed by atoms with Gasteiger partial charge in [0.2, 0.25) is 11.2 Å². The Bertz CT molecular complexity index is 866. The van der Waals surface area contributed by atoms with E-state index in [1.165, 1.54) is 18.2 Å². The highest BCUT2D eigenvalue weighted by atomic mass is 32.2. The molecule has 0 radical (unpaired) electrons. The smallest absolute Gasteiger partial charge is 0.235 e. The zero-order valence-corrected chi connectivity index (χ0v) is 12.0. The molecule has 4 nitrogen and oxygen atoms in total. The number of rotatable bonds is 2. The molecule has 5 heteroatoms. The molecular weight excluding hydrogens is 288 g/mol. The summed E-state index contributed by atoms with van der Waals surface area (Å²) >= 11 is 1.60. The molecule has 0 bridgehead atoms. The monoisotopic (exact) mass is 300 g/mol. The van der Waals surface area contributed by atoms with Crippen LogP contribution < -0.4 is 5.43 Å². The molecule has 0 atom stereocenters. The Balaban J connectivity index is 2.26. The van der Waals surface area contributed by atoms with Gasteiger partial charge in [-0.15, -0.1) is 11.8 Å². The van der Waals surface area contributed by atoms with E-state index in [1.54, 1.807) is 23.9 Å². The fourth-order valence-electron chi connectivity index (χ4n) is 2.11. The molecule has 0 fully saturated rings. The van der Waals surface area contributed by atoms with Gasteiger partial charge in [-0.05, 0) is 42.7 Å². The number of hydrogen-bond acceptors (Lipinski definition) is 5. The van der Waals surface area contributed by atoms with Crippen LogP contribution >= 0.6 is 11.8 Å². The number of phenolic OH excluding ortho intramolecular Hbond substituents is 1. The van der Waals surface area contributed by atoms with E-state index >= 15 is 0 Å². The Kier molecular flexibility index (Phi) is 3.35. The van der Waals surface area contributed by atoms with Gasteiger partial charge in [-0.1, -0.05) is 0 Å². The van der Waals surface area contributed by atoms with Gasteiger partial charge in [0.25, 0.3) is 0 Å². The SMILES string of the molecule is CSc1ccc(-c2oc3cc(O)ccc3c(=O)c2O)cc1. The predicted octanol–water partition coefficient (Wildman–Crippen LogP) is 3.59. The molecule has 21 heavy (non-hydrogen) atoms. The fourth-order valence-corrected chi connectivity index (χ4v) is 2.52. The highest BCUT2D eigenvalue weighted by Gasteiger charge is 2.15. The van der Waals surface area contributed by atoms with Crippen molar-refractivity contribution in [1.82, 2.24) is 0 Å². The van der Waals surface area contributed by atoms with Crippen molar-refractivity contribution in [2.45, 2.75) is 4.90 Å². The third kappa shape index (κ3) is 2.36. The summed E-state index contributed by atoms with van der Waals surface area (Å²) in [6.07, 6.45) is 1.96. The molecule has 0 unspecified atom stereocenters. The normalized spacial score (nSPS) is 10.9. The number of hydrogen-bond donors (Lipinski definition) is 2. The molecule has 106 valence electrons. The standard InChI is InChI=1S/C16H12O4S/c1-21-11-5-2-9(3-6-11)16-15(19)14(18)12-7-4-10(17)8-13(12)20-16/h2-8,17,19H,1H3. The van der Waals surface area contributed by atoms with Crippen LogP contribution in [-0.4, -0.2) is 16.5 Å². The molecule has 3 rings (SSSR count). The lowest BCUT2D eigenvalue weighted by atomic mass is 10.1. The topological polar surface area (TPSA) is 70.7 Å². The number of phenols is 1. The van der Waals surface area contributed by atoms with Gasteiger partial charge in [0, 0.05) is 16.5 Å². The minimum atomic E-state index is -0.514. The van der Waals surface area contributed by atoms with Gasteiger partial charge in [0.1, 0.15) is 11.3 Å². The molecule has 1 heterocycles. The summed E-state index contributed by atoms with van der Waals surface area (Å²) in [4.78, 5) is 13.2. The van der Waals surface area contributed by atoms with Crippen LogP contribution in [0.4, 0.5) is 0 Å². The Morgan fingerprint density at radius 3 is 2.43 bits per heavy atom. The second-order valence-corrected chi connectivity index (χ2v) is 5.40. The number of thioether (sulfide) groups is 1. The number of benzene rings is 2. The van der Waals surface area contributed by atoms with Crippen LogP contribution in [0.15, 0.2) is 56.6 Å². The Labute approximate surface area is 124 Å². The average Bonchev–Trinajstić information content (AvgIpc) is 2.51. The van der Waals surface area contributed by atoms with Crippen molar-refractivity contribution < 1.29 is 14.6 Å². The summed E-state index contributed by atoms with van der Waals surface area (Å²) in [7, 11) is 0. The van der Waals surface area contributed by atoms with E-state index in [4.69, 9.17) is 4.42 Å². The summed E-state index contributed by atoms with van der Waals surface area (Å²) in [5, 5.41) is 19.8. The first-order valence-electron chi connectivity index (χ1n) is 6.23. The molecule has 0 spiro atoms. The summed E-state index contributed by atoms with van der Waals surface area (Å²) in [5.74, 6) is -0.323. The van der Waals surface area contributed by atoms with Gasteiger partial charge in [-0.3, -0.25) is 4.79 Å². The van der Waals surface area contributed by atoms with E-state index in [0.29, 0.717) is 5.56 Å². The molecule has 0 saturated carbocycles. The molecule has 2 N–H and O–H groups in total. The first-order chi connectivity index (χ1) is 10.1. The van der Waals surface area contributed by atoms with Crippen LogP contribution in [0.25, 0.3) is 22.3 Å². The van der Waals surface area contributed by atoms with Crippen molar-refractivity contribution in [1.29, 1.82) is 0 Å². The predicted molar refractivity (Wildman–Crippen MR) is 83.0 cm³/mol. The van der Waals surface area contributed by atoms with Gasteiger partial charge in [-0.25, -0.2) is 0 Å². The molecule has 1 aromatic heterocycles. The molecule has 0 amide bonds. The second-order valence-electron chi connectivity index (χ2n) is 4.52. The van der Waals surface area contributed by atoms with Crippen LogP contribution in [0.1, 0.15) is 0 Å². The number of fused-ring (bicyclic) bond motifs is 1. The molecule has 2 aromatic carbocycles. The molecule has 0 aliphatic rings. The minimum Gasteiger partial charge on any atom is -0.508 e. The van der Waals surface area contributed by atoms with E-state index in [2.05, 4.69) is 0 Å². The lowest BCUT2D eigenvalue weighted by molar-refractivity contribution is 0.447. The Morgan fingerprint density at radius 1 is 1.05 bits per heavy atom. The Morgan fingerprint density at radius 2 is 1.76 bits per heavy atom. The van der Waals surface area contributed by atoms with Gasteiger partial charge in [0.05, 0.1) is 5.39 Å². The first-order valence-corrected chi connectivity index (χ1v) is 7.46. The molecule has 3 aromatic rings. The van der Waals surface area contributed by atoms with E-state index in [1.807, 2.05) is 18.4 Å². The molecule has 0 aliphatic heterocycles. The highest BCUT2D eigenvalue weighted by Crippen LogP contribution is 2.32. The minimum absolute atomic E-state index is 0.0000192. The molecule has 0 aliphatic carbocycles. The van der Waals surface area contributed by atoms with E-state index in [0.717, 1.165) is 4.90 Å². The van der Waals surface area contributed by atoms with Crippen LogP contribution in [0, 0.1) is 0 Å². The lowest BCUT2D eigenvalue weighted by Crippen LogP contribution is -2.02. The number of aromatic hydroxyl groups is 2. The van der Waals surface area contributed by atoms with Crippen molar-refractivity contribution in [2.24, 2.45) is 0 Å². The van der Waals surface area contributed by atoms with E-state index in [-0.39, 0.29) is 22.5 Å². The third-order valence-corrected chi connectivity index (χ3v) is 3.95. The van der Waals surface area contributed by atoms with Crippen LogP contribution in [0.2, 0.25) is 0 Å². The highest BCUT2D eigenvalue weighted by molar-refractivity contribution is 7.98. The Hall–Kier alpha value is -2.40. The second kappa shape index (κ2) is 5.18. The maximum atomic E-state index is 12.2. The largest absolute Gasteiger partial charge is 0.508 e. The summed E-state index contributed by atoms with van der Waals surface area (Å²) in [5.41, 5.74) is 0.328. The van der Waals surface area contributed by atoms with Crippen LogP contribution in [-0.2, 0) is 0 Å². The summed E-state index contributed by atoms with van der Waals surface area (Å²) < 4.78 is 5.60.